The van der Waals surface area contributed by atoms with Crippen molar-refractivity contribution in [3.05, 3.63) is 94.8 Å². The van der Waals surface area contributed by atoms with Crippen LogP contribution in [0.4, 0.5) is 0 Å². The lowest BCUT2D eigenvalue weighted by atomic mass is 9.94. The topological polar surface area (TPSA) is 89.0 Å². The van der Waals surface area contributed by atoms with Gasteiger partial charge in [0.05, 0.1) is 25.8 Å². The maximum absolute atomic E-state index is 13.2. The Bertz CT molecular complexity index is 1240. The summed E-state index contributed by atoms with van der Waals surface area (Å²) in [4.78, 5) is 31.9. The van der Waals surface area contributed by atoms with Gasteiger partial charge in [0.25, 0.3) is 11.7 Å². The highest BCUT2D eigenvalue weighted by atomic mass is 16.5. The van der Waals surface area contributed by atoms with Gasteiger partial charge in [-0.2, -0.15) is 0 Å². The van der Waals surface area contributed by atoms with Gasteiger partial charge in [0.1, 0.15) is 17.3 Å². The number of aliphatic hydroxyl groups excluding tert-OH is 1. The molecule has 2 heterocycles. The van der Waals surface area contributed by atoms with Crippen molar-refractivity contribution in [2.24, 2.45) is 0 Å². The van der Waals surface area contributed by atoms with E-state index in [1.165, 1.54) is 12.0 Å². The standard InChI is InChI=1S/C26H24N2O5/c1-16-14-18(8-9-20(16)32-2)24(29)22-23(19-6-4-5-7-21(19)33-3)28(26(31)25(22)30)15-17-10-12-27-13-11-17/h4-14,23,29H,15H2,1-3H3/b24-22+. The van der Waals surface area contributed by atoms with Gasteiger partial charge in [-0.05, 0) is 54.4 Å². The Morgan fingerprint density at radius 3 is 2.36 bits per heavy atom. The fourth-order valence-corrected chi connectivity index (χ4v) is 4.12. The summed E-state index contributed by atoms with van der Waals surface area (Å²) >= 11 is 0. The van der Waals surface area contributed by atoms with Crippen molar-refractivity contribution < 1.29 is 24.2 Å². The highest BCUT2D eigenvalue weighted by Crippen LogP contribution is 2.43. The molecule has 1 saturated heterocycles. The van der Waals surface area contributed by atoms with E-state index in [1.807, 2.05) is 19.1 Å². The second kappa shape index (κ2) is 9.16. The molecule has 0 radical (unpaired) electrons. The Balaban J connectivity index is 1.90. The van der Waals surface area contributed by atoms with Gasteiger partial charge in [0, 0.05) is 30.1 Å². The first kappa shape index (κ1) is 22.1. The number of methoxy groups -OCH3 is 2. The summed E-state index contributed by atoms with van der Waals surface area (Å²) in [6.07, 6.45) is 3.26. The first-order chi connectivity index (χ1) is 16.0. The number of aliphatic hydroxyl groups is 1. The summed E-state index contributed by atoms with van der Waals surface area (Å²) in [5.74, 6) is -0.500. The number of hydrogen-bond acceptors (Lipinski definition) is 6. The maximum Gasteiger partial charge on any atom is 0.295 e. The summed E-state index contributed by atoms with van der Waals surface area (Å²) in [7, 11) is 3.09. The van der Waals surface area contributed by atoms with Crippen LogP contribution in [0.2, 0.25) is 0 Å². The molecule has 0 aliphatic carbocycles. The molecule has 2 aromatic carbocycles. The highest BCUT2D eigenvalue weighted by Gasteiger charge is 2.47. The Hall–Kier alpha value is -4.13. The monoisotopic (exact) mass is 444 g/mol. The predicted octanol–water partition coefficient (Wildman–Crippen LogP) is 4.03. The van der Waals surface area contributed by atoms with Gasteiger partial charge >= 0.3 is 0 Å². The fraction of sp³-hybridized carbons (Fsp3) is 0.192. The van der Waals surface area contributed by atoms with Crippen LogP contribution in [0.1, 0.15) is 28.3 Å². The summed E-state index contributed by atoms with van der Waals surface area (Å²) in [5.41, 5.74) is 2.66. The molecule has 0 bridgehead atoms. The van der Waals surface area contributed by atoms with Gasteiger partial charge in [-0.3, -0.25) is 14.6 Å². The van der Waals surface area contributed by atoms with Crippen molar-refractivity contribution in [1.29, 1.82) is 0 Å². The van der Waals surface area contributed by atoms with Gasteiger partial charge in [-0.15, -0.1) is 0 Å². The van der Waals surface area contributed by atoms with Crippen molar-refractivity contribution in [1.82, 2.24) is 9.88 Å². The number of aryl methyl sites for hydroxylation is 1. The van der Waals surface area contributed by atoms with Crippen LogP contribution in [0, 0.1) is 6.92 Å². The van der Waals surface area contributed by atoms with Gasteiger partial charge in [0.2, 0.25) is 0 Å². The van der Waals surface area contributed by atoms with Crippen LogP contribution in [0.5, 0.6) is 11.5 Å². The van der Waals surface area contributed by atoms with E-state index in [4.69, 9.17) is 9.47 Å². The Kier molecular flexibility index (Phi) is 6.13. The summed E-state index contributed by atoms with van der Waals surface area (Å²) in [6, 6.07) is 15.0. The largest absolute Gasteiger partial charge is 0.507 e. The molecule has 168 valence electrons. The number of nitrogens with zero attached hydrogens (tertiary/aromatic N) is 2. The quantitative estimate of drug-likeness (QED) is 0.351. The minimum absolute atomic E-state index is 0.0168. The summed E-state index contributed by atoms with van der Waals surface area (Å²) in [5, 5.41) is 11.3. The number of aromatic nitrogens is 1. The van der Waals surface area contributed by atoms with Gasteiger partial charge < -0.3 is 19.5 Å². The molecule has 7 heteroatoms. The van der Waals surface area contributed by atoms with Crippen LogP contribution in [-0.4, -0.2) is 40.9 Å². The summed E-state index contributed by atoms with van der Waals surface area (Å²) in [6.45, 7) is 2.02. The number of benzene rings is 2. The lowest BCUT2D eigenvalue weighted by Gasteiger charge is -2.26. The number of ketones is 1. The van der Waals surface area contributed by atoms with E-state index in [1.54, 1.807) is 62.0 Å². The molecule has 1 unspecified atom stereocenters. The SMILES string of the molecule is COc1ccc(/C(O)=C2\C(=O)C(=O)N(Cc3ccncc3)C2c2ccccc2OC)cc1C. The number of ether oxygens (including phenoxy) is 2. The molecule has 4 rings (SSSR count). The Morgan fingerprint density at radius 2 is 1.70 bits per heavy atom. The summed E-state index contributed by atoms with van der Waals surface area (Å²) < 4.78 is 10.8. The number of likely N-dealkylation sites (tertiary alicyclic amines) is 1. The van der Waals surface area contributed by atoms with E-state index in [-0.39, 0.29) is 17.9 Å². The van der Waals surface area contributed by atoms with Crippen LogP contribution in [0.15, 0.2) is 72.6 Å². The van der Waals surface area contributed by atoms with Crippen molar-refractivity contribution in [2.75, 3.05) is 14.2 Å². The number of carbonyl (C=O) groups is 2. The predicted molar refractivity (Wildman–Crippen MR) is 123 cm³/mol. The molecule has 3 aromatic rings. The van der Waals surface area contributed by atoms with Crippen molar-refractivity contribution in [3.63, 3.8) is 0 Å². The molecule has 1 fully saturated rings. The van der Waals surface area contributed by atoms with Crippen LogP contribution in [0.25, 0.3) is 5.76 Å². The molecule has 1 N–H and O–H groups in total. The third kappa shape index (κ3) is 4.05. The lowest BCUT2D eigenvalue weighted by molar-refractivity contribution is -0.140. The van der Waals surface area contributed by atoms with Crippen LogP contribution >= 0.6 is 0 Å². The van der Waals surface area contributed by atoms with E-state index >= 15 is 0 Å². The third-order valence-electron chi connectivity index (χ3n) is 5.74. The molecule has 1 aromatic heterocycles. The highest BCUT2D eigenvalue weighted by molar-refractivity contribution is 6.46. The van der Waals surface area contributed by atoms with Crippen LogP contribution in [0.3, 0.4) is 0 Å². The molecule has 7 nitrogen and oxygen atoms in total. The number of rotatable bonds is 6. The average Bonchev–Trinajstić information content (AvgIpc) is 3.09. The maximum atomic E-state index is 13.2. The number of carbonyl (C=O) groups excluding carboxylic acids is 2. The molecule has 33 heavy (non-hydrogen) atoms. The van der Waals surface area contributed by atoms with E-state index in [9.17, 15) is 14.7 Å². The minimum atomic E-state index is -0.822. The van der Waals surface area contributed by atoms with Crippen LogP contribution < -0.4 is 9.47 Å². The van der Waals surface area contributed by atoms with Gasteiger partial charge in [-0.1, -0.05) is 18.2 Å². The first-order valence-electron chi connectivity index (χ1n) is 10.4. The number of amides is 1. The van der Waals surface area contributed by atoms with Crippen molar-refractivity contribution in [2.45, 2.75) is 19.5 Å². The van der Waals surface area contributed by atoms with Gasteiger partial charge in [0.15, 0.2) is 0 Å². The van der Waals surface area contributed by atoms with Crippen molar-refractivity contribution >= 4 is 17.4 Å². The molecule has 0 saturated carbocycles. The zero-order valence-corrected chi connectivity index (χ0v) is 18.6. The normalized spacial score (nSPS) is 17.3. The zero-order chi connectivity index (χ0) is 23.5. The van der Waals surface area contributed by atoms with Crippen LogP contribution in [-0.2, 0) is 16.1 Å². The number of Topliss-reactive ketones (excluding diaryl/α,β-unsaturated/α-hetero) is 1. The second-order valence-corrected chi connectivity index (χ2v) is 7.71. The smallest absolute Gasteiger partial charge is 0.295 e. The lowest BCUT2D eigenvalue weighted by Crippen LogP contribution is -2.29. The Morgan fingerprint density at radius 1 is 1.00 bits per heavy atom. The van der Waals surface area contributed by atoms with Crippen molar-refractivity contribution in [3.8, 4) is 11.5 Å². The molecule has 1 atom stereocenters. The van der Waals surface area contributed by atoms with E-state index < -0.39 is 17.7 Å². The first-order valence-corrected chi connectivity index (χ1v) is 10.4. The number of pyridine rings is 1. The number of hydrogen-bond donors (Lipinski definition) is 1. The number of para-hydroxylation sites is 1. The van der Waals surface area contributed by atoms with E-state index in [0.717, 1.165) is 11.1 Å². The second-order valence-electron chi connectivity index (χ2n) is 7.71. The van der Waals surface area contributed by atoms with E-state index in [2.05, 4.69) is 4.98 Å². The van der Waals surface area contributed by atoms with E-state index in [0.29, 0.717) is 22.6 Å². The fourth-order valence-electron chi connectivity index (χ4n) is 4.12. The molecule has 1 aliphatic heterocycles. The molecular formula is C26H24N2O5. The molecule has 1 amide bonds. The average molecular weight is 444 g/mol. The molecular weight excluding hydrogens is 420 g/mol. The molecule has 1 aliphatic rings. The minimum Gasteiger partial charge on any atom is -0.507 e. The van der Waals surface area contributed by atoms with Gasteiger partial charge in [-0.25, -0.2) is 0 Å². The Labute approximate surface area is 191 Å². The molecule has 0 spiro atoms. The third-order valence-corrected chi connectivity index (χ3v) is 5.74. The zero-order valence-electron chi connectivity index (χ0n) is 18.6.